The van der Waals surface area contributed by atoms with Crippen LogP contribution in [-0.4, -0.2) is 35.7 Å². The van der Waals surface area contributed by atoms with Crippen LogP contribution >= 0.6 is 11.6 Å². The molecule has 0 saturated heterocycles. The quantitative estimate of drug-likeness (QED) is 0.346. The summed E-state index contributed by atoms with van der Waals surface area (Å²) in [7, 11) is -4.09. The summed E-state index contributed by atoms with van der Waals surface area (Å²) in [5.74, 6) is -0.272. The molecule has 1 saturated carbocycles. The number of halogens is 2. The van der Waals surface area contributed by atoms with Gasteiger partial charge in [-0.25, -0.2) is 32.8 Å². The number of carbonyl (C=O) groups is 1. The molecule has 0 bridgehead atoms. The molecule has 34 heavy (non-hydrogen) atoms. The Morgan fingerprint density at radius 1 is 1.18 bits per heavy atom. The van der Waals surface area contributed by atoms with E-state index in [0.717, 1.165) is 0 Å². The fraction of sp³-hybridized carbons (Fsp3) is 0.273. The topological polar surface area (TPSA) is 153 Å². The minimum Gasteiger partial charge on any atom is -0.440 e. The highest BCUT2D eigenvalue weighted by Gasteiger charge is 2.32. The van der Waals surface area contributed by atoms with Crippen molar-refractivity contribution < 1.29 is 27.2 Å². The number of nitrogens with zero attached hydrogens (tertiary/aromatic N) is 2. The van der Waals surface area contributed by atoms with E-state index in [-0.39, 0.29) is 32.9 Å². The third kappa shape index (κ3) is 4.78. The number of urea groups is 1. The summed E-state index contributed by atoms with van der Waals surface area (Å²) in [4.78, 5) is 15.7. The summed E-state index contributed by atoms with van der Waals surface area (Å²) in [6.45, 7) is 0. The van der Waals surface area contributed by atoms with Gasteiger partial charge in [-0.1, -0.05) is 23.7 Å². The van der Waals surface area contributed by atoms with E-state index in [2.05, 4.69) is 4.98 Å². The average molecular weight is 509 g/mol. The molecule has 0 spiro atoms. The molecule has 1 aromatic heterocycles. The van der Waals surface area contributed by atoms with E-state index in [4.69, 9.17) is 26.9 Å². The zero-order valence-electron chi connectivity index (χ0n) is 17.8. The molecular weight excluding hydrogens is 487 g/mol. The van der Waals surface area contributed by atoms with Crippen LogP contribution in [0.1, 0.15) is 37.5 Å². The zero-order valence-corrected chi connectivity index (χ0v) is 19.4. The number of primary sulfonamides is 1. The number of amides is 2. The SMILES string of the molecule is NC(=O)N(O)C1CCC(c2nc(-c3ccc(F)c(Cl)c3)c(-c3ccccc3S(N)(=O)=O)o2)CC1. The molecule has 1 fully saturated rings. The first-order valence-electron chi connectivity index (χ1n) is 10.4. The average Bonchev–Trinajstić information content (AvgIpc) is 3.25. The smallest absolute Gasteiger partial charge is 0.338 e. The normalized spacial score (nSPS) is 18.6. The highest BCUT2D eigenvalue weighted by atomic mass is 35.5. The molecule has 1 heterocycles. The van der Waals surface area contributed by atoms with Gasteiger partial charge in [-0.2, -0.15) is 0 Å². The predicted molar refractivity (Wildman–Crippen MR) is 122 cm³/mol. The summed E-state index contributed by atoms with van der Waals surface area (Å²) in [6, 6.07) is 8.79. The van der Waals surface area contributed by atoms with Crippen LogP contribution in [0, 0.1) is 5.82 Å². The molecule has 2 aromatic carbocycles. The number of sulfonamides is 1. The molecular formula is C22H22ClFN4O5S. The van der Waals surface area contributed by atoms with E-state index in [1.807, 2.05) is 0 Å². The van der Waals surface area contributed by atoms with Crippen LogP contribution < -0.4 is 10.9 Å². The number of hydrogen-bond donors (Lipinski definition) is 3. The lowest BCUT2D eigenvalue weighted by Gasteiger charge is -2.30. The number of carbonyl (C=O) groups excluding carboxylic acids is 1. The summed E-state index contributed by atoms with van der Waals surface area (Å²) >= 11 is 5.98. The van der Waals surface area contributed by atoms with Gasteiger partial charge in [0.05, 0.1) is 16.0 Å². The van der Waals surface area contributed by atoms with E-state index < -0.39 is 27.9 Å². The van der Waals surface area contributed by atoms with Crippen LogP contribution in [-0.2, 0) is 10.0 Å². The Labute approximate surface area is 200 Å². The molecule has 3 aromatic rings. The standard InChI is InChI=1S/C22H22ClFN4O5S/c23-16-11-13(7-10-17(16)24)19-20(15-3-1-2-4-18(15)34(26,31)32)33-21(27-19)12-5-8-14(9-6-12)28(30)22(25)29/h1-4,7,10-12,14,30H,5-6,8-9H2,(H2,25,29)(H2,26,31,32). The van der Waals surface area contributed by atoms with Crippen molar-refractivity contribution >= 4 is 27.7 Å². The third-order valence-corrected chi connectivity index (χ3v) is 7.15. The Kier molecular flexibility index (Phi) is 6.63. The molecule has 1 aliphatic rings. The van der Waals surface area contributed by atoms with Crippen molar-refractivity contribution in [2.45, 2.75) is 42.5 Å². The van der Waals surface area contributed by atoms with Crippen molar-refractivity contribution in [1.29, 1.82) is 0 Å². The van der Waals surface area contributed by atoms with E-state index >= 15 is 0 Å². The summed E-state index contributed by atoms with van der Waals surface area (Å²) in [6.07, 6.45) is 2.01. The first kappa shape index (κ1) is 24.1. The molecule has 2 amide bonds. The largest absolute Gasteiger partial charge is 0.440 e. The molecule has 1 aliphatic carbocycles. The van der Waals surface area contributed by atoms with Crippen LogP contribution in [0.2, 0.25) is 5.02 Å². The summed E-state index contributed by atoms with van der Waals surface area (Å²) < 4.78 is 44.3. The second-order valence-corrected chi connectivity index (χ2v) is 10.0. The predicted octanol–water partition coefficient (Wildman–Crippen LogP) is 4.24. The maximum Gasteiger partial charge on any atom is 0.338 e. The van der Waals surface area contributed by atoms with Gasteiger partial charge >= 0.3 is 6.03 Å². The van der Waals surface area contributed by atoms with Crippen molar-refractivity contribution in [2.75, 3.05) is 0 Å². The van der Waals surface area contributed by atoms with E-state index in [9.17, 15) is 22.8 Å². The molecule has 5 N–H and O–H groups in total. The molecule has 0 atom stereocenters. The molecule has 0 radical (unpaired) electrons. The number of hydrogen-bond acceptors (Lipinski definition) is 6. The zero-order chi connectivity index (χ0) is 24.6. The van der Waals surface area contributed by atoms with Gasteiger partial charge < -0.3 is 10.2 Å². The second kappa shape index (κ2) is 9.34. The van der Waals surface area contributed by atoms with Gasteiger partial charge in [-0.15, -0.1) is 0 Å². The highest BCUT2D eigenvalue weighted by Crippen LogP contribution is 2.41. The highest BCUT2D eigenvalue weighted by molar-refractivity contribution is 7.89. The maximum absolute atomic E-state index is 13.8. The van der Waals surface area contributed by atoms with Gasteiger partial charge in [0.1, 0.15) is 11.5 Å². The molecule has 0 aliphatic heterocycles. The molecule has 4 rings (SSSR count). The lowest BCUT2D eigenvalue weighted by molar-refractivity contribution is -0.0854. The van der Waals surface area contributed by atoms with Gasteiger partial charge in [-0.3, -0.25) is 5.21 Å². The van der Waals surface area contributed by atoms with Crippen molar-refractivity contribution in [3.05, 3.63) is 59.2 Å². The lowest BCUT2D eigenvalue weighted by atomic mass is 9.86. The van der Waals surface area contributed by atoms with E-state index in [1.165, 1.54) is 30.3 Å². The van der Waals surface area contributed by atoms with E-state index in [1.54, 1.807) is 12.1 Å². The third-order valence-electron chi connectivity index (χ3n) is 5.89. The van der Waals surface area contributed by atoms with Gasteiger partial charge in [0.2, 0.25) is 10.0 Å². The Morgan fingerprint density at radius 2 is 1.85 bits per heavy atom. The van der Waals surface area contributed by atoms with Gasteiger partial charge in [0.15, 0.2) is 11.7 Å². The Balaban J connectivity index is 1.78. The van der Waals surface area contributed by atoms with Crippen LogP contribution in [0.4, 0.5) is 9.18 Å². The first-order chi connectivity index (χ1) is 16.1. The minimum atomic E-state index is -4.09. The van der Waals surface area contributed by atoms with Crippen LogP contribution in [0.3, 0.4) is 0 Å². The second-order valence-electron chi connectivity index (χ2n) is 8.09. The van der Waals surface area contributed by atoms with Crippen LogP contribution in [0.15, 0.2) is 51.8 Å². The van der Waals surface area contributed by atoms with Crippen molar-refractivity contribution in [3.8, 4) is 22.6 Å². The Hall–Kier alpha value is -2.99. The number of rotatable bonds is 5. The Bertz CT molecular complexity index is 1340. The number of benzene rings is 2. The molecule has 12 heteroatoms. The Morgan fingerprint density at radius 3 is 2.47 bits per heavy atom. The summed E-state index contributed by atoms with van der Waals surface area (Å²) in [5, 5.41) is 15.6. The number of nitrogens with two attached hydrogens (primary N) is 2. The lowest BCUT2D eigenvalue weighted by Crippen LogP contribution is -2.42. The van der Waals surface area contributed by atoms with Gasteiger partial charge in [0, 0.05) is 17.0 Å². The van der Waals surface area contributed by atoms with Gasteiger partial charge in [0.25, 0.3) is 0 Å². The van der Waals surface area contributed by atoms with Crippen molar-refractivity contribution in [3.63, 3.8) is 0 Å². The molecule has 180 valence electrons. The fourth-order valence-corrected chi connectivity index (χ4v) is 5.10. The maximum atomic E-state index is 13.8. The number of hydroxylamine groups is 2. The summed E-state index contributed by atoms with van der Waals surface area (Å²) in [5.41, 5.74) is 6.08. The number of primary amides is 1. The minimum absolute atomic E-state index is 0.122. The number of oxazole rings is 1. The van der Waals surface area contributed by atoms with Crippen molar-refractivity contribution in [2.24, 2.45) is 10.9 Å². The van der Waals surface area contributed by atoms with Crippen molar-refractivity contribution in [1.82, 2.24) is 10.0 Å². The van der Waals surface area contributed by atoms with Crippen LogP contribution in [0.5, 0.6) is 0 Å². The van der Waals surface area contributed by atoms with Crippen LogP contribution in [0.25, 0.3) is 22.6 Å². The first-order valence-corrected chi connectivity index (χ1v) is 12.3. The van der Waals surface area contributed by atoms with Gasteiger partial charge in [-0.05, 0) is 56.0 Å². The monoisotopic (exact) mass is 508 g/mol. The number of aromatic nitrogens is 1. The molecule has 0 unspecified atom stereocenters. The molecule has 9 nitrogen and oxygen atoms in total. The van der Waals surface area contributed by atoms with E-state index in [0.29, 0.717) is 42.2 Å². The fourth-order valence-electron chi connectivity index (χ4n) is 4.18.